The number of aromatic amines is 1. The van der Waals surface area contributed by atoms with E-state index in [9.17, 15) is 4.39 Å². The van der Waals surface area contributed by atoms with E-state index in [-0.39, 0.29) is 5.82 Å². The van der Waals surface area contributed by atoms with Crippen molar-refractivity contribution in [2.24, 2.45) is 5.73 Å². The van der Waals surface area contributed by atoms with Crippen LogP contribution in [0.2, 0.25) is 0 Å². The van der Waals surface area contributed by atoms with Gasteiger partial charge in [0.2, 0.25) is 0 Å². The Labute approximate surface area is 151 Å². The second-order valence-corrected chi connectivity index (χ2v) is 5.60. The molecule has 0 spiro atoms. The fourth-order valence-electron chi connectivity index (χ4n) is 2.59. The van der Waals surface area contributed by atoms with Crippen LogP contribution in [0.3, 0.4) is 0 Å². The summed E-state index contributed by atoms with van der Waals surface area (Å²) in [5, 5.41) is 6.97. The third kappa shape index (κ3) is 3.83. The summed E-state index contributed by atoms with van der Waals surface area (Å²) in [6.07, 6.45) is 0. The zero-order chi connectivity index (χ0) is 18.5. The molecule has 2 aromatic carbocycles. The monoisotopic (exact) mass is 356 g/mol. The Hall–Kier alpha value is -2.93. The summed E-state index contributed by atoms with van der Waals surface area (Å²) >= 11 is 0. The number of nitrogens with zero attached hydrogens (tertiary/aromatic N) is 2. The molecule has 0 unspecified atom stereocenters. The lowest BCUT2D eigenvalue weighted by molar-refractivity contribution is 0.287. The molecule has 136 valence electrons. The van der Waals surface area contributed by atoms with Crippen molar-refractivity contribution in [2.45, 2.75) is 19.9 Å². The number of nitrogens with one attached hydrogen (secondary N) is 1. The third-order valence-corrected chi connectivity index (χ3v) is 3.81. The molecule has 3 rings (SSSR count). The number of halogens is 1. The first-order chi connectivity index (χ1) is 12.6. The lowest BCUT2D eigenvalue weighted by Crippen LogP contribution is -2.14. The van der Waals surface area contributed by atoms with Crippen LogP contribution in [-0.4, -0.2) is 28.4 Å². The van der Waals surface area contributed by atoms with Gasteiger partial charge in [-0.1, -0.05) is 18.2 Å². The standard InChI is InChI=1S/C19H21FN4O2/c1-3-25-15-9-8-12(11-16(15)26-4-2)17(21)19-22-18(23-24-19)13-6-5-7-14(20)10-13/h5-11,17H,3-4,21H2,1-2H3,(H,22,23,24)/t17-/m0/s1. The summed E-state index contributed by atoms with van der Waals surface area (Å²) in [7, 11) is 0. The highest BCUT2D eigenvalue weighted by atomic mass is 19.1. The topological polar surface area (TPSA) is 86.0 Å². The van der Waals surface area contributed by atoms with Crippen LogP contribution in [0.25, 0.3) is 11.4 Å². The number of H-pyrrole nitrogens is 1. The molecule has 0 aliphatic rings. The number of benzene rings is 2. The van der Waals surface area contributed by atoms with E-state index < -0.39 is 6.04 Å². The van der Waals surface area contributed by atoms with Crippen LogP contribution in [0.15, 0.2) is 42.5 Å². The van der Waals surface area contributed by atoms with Crippen molar-refractivity contribution < 1.29 is 13.9 Å². The van der Waals surface area contributed by atoms with Crippen LogP contribution < -0.4 is 15.2 Å². The van der Waals surface area contributed by atoms with Gasteiger partial charge in [0.1, 0.15) is 11.6 Å². The van der Waals surface area contributed by atoms with Gasteiger partial charge in [0.05, 0.1) is 19.3 Å². The molecule has 7 heteroatoms. The van der Waals surface area contributed by atoms with Gasteiger partial charge in [0, 0.05) is 5.56 Å². The van der Waals surface area contributed by atoms with E-state index in [1.54, 1.807) is 12.1 Å². The zero-order valence-electron chi connectivity index (χ0n) is 14.7. The molecule has 6 nitrogen and oxygen atoms in total. The van der Waals surface area contributed by atoms with Gasteiger partial charge in [-0.2, -0.15) is 5.10 Å². The minimum absolute atomic E-state index is 0.342. The highest BCUT2D eigenvalue weighted by Crippen LogP contribution is 2.31. The Morgan fingerprint density at radius 2 is 1.85 bits per heavy atom. The molecule has 0 radical (unpaired) electrons. The number of aromatic nitrogens is 3. The van der Waals surface area contributed by atoms with Gasteiger partial charge in [-0.25, -0.2) is 9.37 Å². The fourth-order valence-corrected chi connectivity index (χ4v) is 2.59. The predicted molar refractivity (Wildman–Crippen MR) is 96.6 cm³/mol. The summed E-state index contributed by atoms with van der Waals surface area (Å²) in [4.78, 5) is 4.40. The average Bonchev–Trinajstić information content (AvgIpc) is 3.13. The number of rotatable bonds is 7. The summed E-state index contributed by atoms with van der Waals surface area (Å²) in [6.45, 7) is 4.89. The normalized spacial score (nSPS) is 12.0. The van der Waals surface area contributed by atoms with Gasteiger partial charge in [-0.05, 0) is 43.7 Å². The van der Waals surface area contributed by atoms with Crippen molar-refractivity contribution in [2.75, 3.05) is 13.2 Å². The van der Waals surface area contributed by atoms with Crippen molar-refractivity contribution in [1.29, 1.82) is 0 Å². The Kier molecular flexibility index (Phi) is 5.48. The number of ether oxygens (including phenoxy) is 2. The lowest BCUT2D eigenvalue weighted by Gasteiger charge is -2.14. The molecule has 3 aromatic rings. The molecular formula is C19H21FN4O2. The molecule has 0 amide bonds. The molecule has 0 fully saturated rings. The number of hydrogen-bond acceptors (Lipinski definition) is 5. The van der Waals surface area contributed by atoms with E-state index in [0.29, 0.717) is 41.9 Å². The van der Waals surface area contributed by atoms with Crippen LogP contribution in [-0.2, 0) is 0 Å². The third-order valence-electron chi connectivity index (χ3n) is 3.81. The number of nitrogens with two attached hydrogens (primary N) is 1. The van der Waals surface area contributed by atoms with Crippen molar-refractivity contribution in [3.05, 3.63) is 59.7 Å². The molecule has 1 aromatic heterocycles. The maximum Gasteiger partial charge on any atom is 0.181 e. The van der Waals surface area contributed by atoms with Crippen molar-refractivity contribution >= 4 is 0 Å². The lowest BCUT2D eigenvalue weighted by atomic mass is 10.1. The SMILES string of the molecule is CCOc1ccc([C@H](N)c2nc(-c3cccc(F)c3)n[nH]2)cc1OCC. The molecule has 3 N–H and O–H groups in total. The van der Waals surface area contributed by atoms with Crippen molar-refractivity contribution in [3.8, 4) is 22.9 Å². The first kappa shape index (κ1) is 17.9. The Bertz CT molecular complexity index is 881. The van der Waals surface area contributed by atoms with Gasteiger partial charge < -0.3 is 15.2 Å². The van der Waals surface area contributed by atoms with Gasteiger partial charge in [0.15, 0.2) is 17.3 Å². The van der Waals surface area contributed by atoms with Crippen LogP contribution in [0.1, 0.15) is 31.3 Å². The molecule has 0 aliphatic heterocycles. The van der Waals surface area contributed by atoms with Crippen LogP contribution in [0.4, 0.5) is 4.39 Å². The first-order valence-electron chi connectivity index (χ1n) is 8.45. The second kappa shape index (κ2) is 7.97. The van der Waals surface area contributed by atoms with E-state index in [4.69, 9.17) is 15.2 Å². The predicted octanol–water partition coefficient (Wildman–Crippen LogP) is 3.46. The smallest absolute Gasteiger partial charge is 0.181 e. The Balaban J connectivity index is 1.87. The Morgan fingerprint density at radius 3 is 2.58 bits per heavy atom. The minimum atomic E-state index is -0.528. The summed E-state index contributed by atoms with van der Waals surface area (Å²) < 4.78 is 24.6. The van der Waals surface area contributed by atoms with E-state index in [0.717, 1.165) is 5.56 Å². The molecule has 1 heterocycles. The Morgan fingerprint density at radius 1 is 1.08 bits per heavy atom. The molecule has 26 heavy (non-hydrogen) atoms. The highest BCUT2D eigenvalue weighted by Gasteiger charge is 2.17. The summed E-state index contributed by atoms with van der Waals surface area (Å²) in [5.41, 5.74) is 7.71. The van der Waals surface area contributed by atoms with Gasteiger partial charge >= 0.3 is 0 Å². The molecule has 1 atom stereocenters. The van der Waals surface area contributed by atoms with E-state index >= 15 is 0 Å². The summed E-state index contributed by atoms with van der Waals surface area (Å²) in [5.74, 6) is 1.84. The zero-order valence-corrected chi connectivity index (χ0v) is 14.7. The second-order valence-electron chi connectivity index (χ2n) is 5.60. The van der Waals surface area contributed by atoms with E-state index in [1.807, 2.05) is 32.0 Å². The fraction of sp³-hybridized carbons (Fsp3) is 0.263. The van der Waals surface area contributed by atoms with E-state index in [2.05, 4.69) is 15.2 Å². The van der Waals surface area contributed by atoms with Crippen LogP contribution >= 0.6 is 0 Å². The highest BCUT2D eigenvalue weighted by molar-refractivity contribution is 5.54. The van der Waals surface area contributed by atoms with Gasteiger partial charge in [-0.15, -0.1) is 0 Å². The van der Waals surface area contributed by atoms with E-state index in [1.165, 1.54) is 12.1 Å². The molecule has 0 bridgehead atoms. The largest absolute Gasteiger partial charge is 0.490 e. The molecular weight excluding hydrogens is 335 g/mol. The first-order valence-corrected chi connectivity index (χ1v) is 8.45. The maximum atomic E-state index is 13.4. The average molecular weight is 356 g/mol. The number of hydrogen-bond donors (Lipinski definition) is 2. The maximum absolute atomic E-state index is 13.4. The minimum Gasteiger partial charge on any atom is -0.490 e. The van der Waals surface area contributed by atoms with Crippen molar-refractivity contribution in [3.63, 3.8) is 0 Å². The summed E-state index contributed by atoms with van der Waals surface area (Å²) in [6, 6.07) is 11.1. The molecule has 0 saturated heterocycles. The van der Waals surface area contributed by atoms with Gasteiger partial charge in [-0.3, -0.25) is 5.10 Å². The quantitative estimate of drug-likeness (QED) is 0.677. The van der Waals surface area contributed by atoms with Crippen molar-refractivity contribution in [1.82, 2.24) is 15.2 Å². The molecule has 0 aliphatic carbocycles. The van der Waals surface area contributed by atoms with Crippen LogP contribution in [0.5, 0.6) is 11.5 Å². The van der Waals surface area contributed by atoms with Crippen LogP contribution in [0, 0.1) is 5.82 Å². The van der Waals surface area contributed by atoms with Gasteiger partial charge in [0.25, 0.3) is 0 Å². The molecule has 0 saturated carbocycles.